The first-order valence-electron chi connectivity index (χ1n) is 9.37. The summed E-state index contributed by atoms with van der Waals surface area (Å²) in [5.74, 6) is 1.58. The third-order valence-corrected chi connectivity index (χ3v) is 5.40. The van der Waals surface area contributed by atoms with Crippen LogP contribution >= 0.6 is 0 Å². The maximum atomic E-state index is 13.5. The van der Waals surface area contributed by atoms with E-state index < -0.39 is 0 Å². The van der Waals surface area contributed by atoms with Gasteiger partial charge in [-0.1, -0.05) is 18.2 Å². The van der Waals surface area contributed by atoms with Crippen LogP contribution in [0.2, 0.25) is 0 Å². The normalized spacial score (nSPS) is 13.8. The lowest BCUT2D eigenvalue weighted by Gasteiger charge is -2.17. The van der Waals surface area contributed by atoms with E-state index >= 15 is 0 Å². The van der Waals surface area contributed by atoms with E-state index in [1.165, 1.54) is 0 Å². The molecule has 0 radical (unpaired) electrons. The first kappa shape index (κ1) is 16.8. The van der Waals surface area contributed by atoms with Gasteiger partial charge in [-0.25, -0.2) is 0 Å². The van der Waals surface area contributed by atoms with E-state index in [1.54, 1.807) is 25.0 Å². The Labute approximate surface area is 162 Å². The fourth-order valence-electron chi connectivity index (χ4n) is 3.86. The zero-order valence-electron chi connectivity index (χ0n) is 15.8. The predicted molar refractivity (Wildman–Crippen MR) is 110 cm³/mol. The number of nitrogens with zero attached hydrogens (tertiary/aromatic N) is 2. The highest BCUT2D eigenvalue weighted by molar-refractivity contribution is 5.91. The molecule has 2 aromatic carbocycles. The number of benzene rings is 2. The van der Waals surface area contributed by atoms with Crippen molar-refractivity contribution in [1.29, 1.82) is 0 Å². The summed E-state index contributed by atoms with van der Waals surface area (Å²) in [6.45, 7) is 0. The quantitative estimate of drug-likeness (QED) is 0.532. The molecule has 0 aliphatic heterocycles. The summed E-state index contributed by atoms with van der Waals surface area (Å²) in [5, 5.41) is 1.95. The largest absolute Gasteiger partial charge is 0.493 e. The minimum Gasteiger partial charge on any atom is -0.493 e. The fourth-order valence-corrected chi connectivity index (χ4v) is 3.86. The minimum atomic E-state index is 0.0142. The second-order valence-electron chi connectivity index (χ2n) is 7.13. The topological polar surface area (TPSA) is 53.4 Å². The Hall–Kier alpha value is -3.34. The molecule has 0 atom stereocenters. The number of aromatic nitrogens is 2. The Bertz CT molecular complexity index is 1270. The molecule has 0 amide bonds. The van der Waals surface area contributed by atoms with Crippen LogP contribution in [0.3, 0.4) is 0 Å². The van der Waals surface area contributed by atoms with Gasteiger partial charge in [0.25, 0.3) is 5.56 Å². The number of para-hydroxylation sites is 1. The highest BCUT2D eigenvalue weighted by Crippen LogP contribution is 2.41. The molecule has 0 bridgehead atoms. The van der Waals surface area contributed by atoms with Gasteiger partial charge in [0.05, 0.1) is 30.9 Å². The molecule has 2 aromatic heterocycles. The lowest BCUT2D eigenvalue weighted by molar-refractivity contribution is 0.355. The number of pyridine rings is 2. The number of rotatable bonds is 4. The molecular weight excluding hydrogens is 352 g/mol. The second-order valence-corrected chi connectivity index (χ2v) is 7.13. The van der Waals surface area contributed by atoms with Crippen LogP contribution in [0.1, 0.15) is 24.3 Å². The number of fused-ring (bicyclic) bond motifs is 2. The van der Waals surface area contributed by atoms with Crippen LogP contribution in [0.15, 0.2) is 59.5 Å². The van der Waals surface area contributed by atoms with Crippen molar-refractivity contribution < 1.29 is 9.47 Å². The van der Waals surface area contributed by atoms with Crippen LogP contribution in [0.4, 0.5) is 0 Å². The molecule has 0 spiro atoms. The summed E-state index contributed by atoms with van der Waals surface area (Å²) < 4.78 is 12.8. The molecule has 2 heterocycles. The molecule has 0 unspecified atom stereocenters. The van der Waals surface area contributed by atoms with Gasteiger partial charge in [-0.15, -0.1) is 0 Å². The minimum absolute atomic E-state index is 0.0142. The molecule has 1 aliphatic rings. The molecule has 5 heteroatoms. The standard InChI is InChI=1S/C23H20N2O3/c1-27-20-12-16-11-17(14-8-9-14)23(26)25(19(16)13-21(20)28-2)18-7-3-5-15-6-4-10-24-22(15)18/h3-7,10-14H,8-9H2,1-2H3. The zero-order chi connectivity index (χ0) is 19.3. The lowest BCUT2D eigenvalue weighted by Crippen LogP contribution is -2.22. The van der Waals surface area contributed by atoms with Crippen LogP contribution < -0.4 is 15.0 Å². The molecule has 28 heavy (non-hydrogen) atoms. The van der Waals surface area contributed by atoms with E-state index in [0.29, 0.717) is 17.4 Å². The molecule has 0 saturated heterocycles. The molecule has 5 nitrogen and oxygen atoms in total. The third-order valence-electron chi connectivity index (χ3n) is 5.40. The van der Waals surface area contributed by atoms with E-state index in [0.717, 1.165) is 45.9 Å². The Kier molecular flexibility index (Phi) is 3.83. The third kappa shape index (κ3) is 2.54. The number of methoxy groups -OCH3 is 2. The number of hydrogen-bond acceptors (Lipinski definition) is 4. The van der Waals surface area contributed by atoms with Gasteiger partial charge in [0.1, 0.15) is 0 Å². The molecule has 1 fully saturated rings. The van der Waals surface area contributed by atoms with Crippen LogP contribution in [-0.4, -0.2) is 23.8 Å². The van der Waals surface area contributed by atoms with Crippen LogP contribution in [0.5, 0.6) is 11.5 Å². The van der Waals surface area contributed by atoms with Crippen molar-refractivity contribution in [3.8, 4) is 17.2 Å². The van der Waals surface area contributed by atoms with Crippen molar-refractivity contribution in [1.82, 2.24) is 9.55 Å². The Morgan fingerprint density at radius 2 is 1.71 bits per heavy atom. The first-order chi connectivity index (χ1) is 13.7. The average molecular weight is 372 g/mol. The second kappa shape index (κ2) is 6.37. The zero-order valence-corrected chi connectivity index (χ0v) is 15.8. The SMILES string of the molecule is COc1cc2cc(C3CC3)c(=O)n(-c3cccc4cccnc34)c2cc1OC. The van der Waals surface area contributed by atoms with E-state index in [1.807, 2.05) is 48.5 Å². The Morgan fingerprint density at radius 3 is 2.46 bits per heavy atom. The van der Waals surface area contributed by atoms with Crippen molar-refractivity contribution in [2.75, 3.05) is 14.2 Å². The maximum absolute atomic E-state index is 13.5. The van der Waals surface area contributed by atoms with E-state index in [-0.39, 0.29) is 5.56 Å². The monoisotopic (exact) mass is 372 g/mol. The van der Waals surface area contributed by atoms with Gasteiger partial charge in [-0.2, -0.15) is 0 Å². The maximum Gasteiger partial charge on any atom is 0.259 e. The predicted octanol–water partition coefficient (Wildman–Crippen LogP) is 4.43. The fraction of sp³-hybridized carbons (Fsp3) is 0.217. The molecule has 140 valence electrons. The van der Waals surface area contributed by atoms with Gasteiger partial charge < -0.3 is 9.47 Å². The molecule has 5 rings (SSSR count). The summed E-state index contributed by atoms with van der Waals surface area (Å²) >= 11 is 0. The Balaban J connectivity index is 1.93. The van der Waals surface area contributed by atoms with Crippen molar-refractivity contribution >= 4 is 21.8 Å². The number of hydrogen-bond donors (Lipinski definition) is 0. The van der Waals surface area contributed by atoms with E-state index in [2.05, 4.69) is 4.98 Å². The first-order valence-corrected chi connectivity index (χ1v) is 9.37. The van der Waals surface area contributed by atoms with Gasteiger partial charge in [-0.3, -0.25) is 14.3 Å². The van der Waals surface area contributed by atoms with E-state index in [4.69, 9.17) is 9.47 Å². The summed E-state index contributed by atoms with van der Waals surface area (Å²) in [4.78, 5) is 18.1. The molecule has 0 N–H and O–H groups in total. The van der Waals surface area contributed by atoms with Gasteiger partial charge in [0, 0.05) is 28.6 Å². The molecule has 1 saturated carbocycles. The van der Waals surface area contributed by atoms with Crippen LogP contribution in [-0.2, 0) is 0 Å². The van der Waals surface area contributed by atoms with Gasteiger partial charge in [-0.05, 0) is 43.0 Å². The highest BCUT2D eigenvalue weighted by atomic mass is 16.5. The van der Waals surface area contributed by atoms with Gasteiger partial charge in [0.15, 0.2) is 11.5 Å². The van der Waals surface area contributed by atoms with Crippen LogP contribution in [0, 0.1) is 0 Å². The highest BCUT2D eigenvalue weighted by Gasteiger charge is 2.28. The van der Waals surface area contributed by atoms with Crippen LogP contribution in [0.25, 0.3) is 27.5 Å². The van der Waals surface area contributed by atoms with E-state index in [9.17, 15) is 4.79 Å². The van der Waals surface area contributed by atoms with Crippen molar-refractivity contribution in [2.24, 2.45) is 0 Å². The van der Waals surface area contributed by atoms with Gasteiger partial charge in [0.2, 0.25) is 0 Å². The summed E-state index contributed by atoms with van der Waals surface area (Å²) in [6, 6.07) is 15.6. The van der Waals surface area contributed by atoms with Crippen molar-refractivity contribution in [3.63, 3.8) is 0 Å². The van der Waals surface area contributed by atoms with Crippen molar-refractivity contribution in [3.05, 3.63) is 70.6 Å². The molecule has 1 aliphatic carbocycles. The van der Waals surface area contributed by atoms with Crippen molar-refractivity contribution in [2.45, 2.75) is 18.8 Å². The summed E-state index contributed by atoms with van der Waals surface area (Å²) in [7, 11) is 3.22. The summed E-state index contributed by atoms with van der Waals surface area (Å²) in [5.41, 5.74) is 3.23. The summed E-state index contributed by atoms with van der Waals surface area (Å²) in [6.07, 6.45) is 3.87. The smallest absolute Gasteiger partial charge is 0.259 e. The average Bonchev–Trinajstić information content (AvgIpc) is 3.57. The lowest BCUT2D eigenvalue weighted by atomic mass is 10.1. The Morgan fingerprint density at radius 1 is 0.964 bits per heavy atom. The molecule has 4 aromatic rings. The molecular formula is C23H20N2O3. The van der Waals surface area contributed by atoms with Gasteiger partial charge >= 0.3 is 0 Å². The number of ether oxygens (including phenoxy) is 2.